The van der Waals surface area contributed by atoms with E-state index in [9.17, 15) is 4.79 Å². The highest BCUT2D eigenvalue weighted by atomic mass is 32.1. The Bertz CT molecular complexity index is 628. The van der Waals surface area contributed by atoms with E-state index in [-0.39, 0.29) is 5.97 Å². The number of hydrogen-bond donors (Lipinski definition) is 1. The van der Waals surface area contributed by atoms with E-state index < -0.39 is 0 Å². The van der Waals surface area contributed by atoms with Gasteiger partial charge in [-0.3, -0.25) is 0 Å². The van der Waals surface area contributed by atoms with E-state index in [1.807, 2.05) is 23.6 Å². The molecule has 0 aliphatic carbocycles. The Labute approximate surface area is 115 Å². The molecular weight excluding hydrogens is 260 g/mol. The zero-order chi connectivity index (χ0) is 13.7. The molecule has 0 saturated heterocycles. The van der Waals surface area contributed by atoms with E-state index in [4.69, 9.17) is 10.00 Å². The molecule has 0 aliphatic heterocycles. The molecule has 19 heavy (non-hydrogen) atoms. The second-order valence-corrected chi connectivity index (χ2v) is 4.80. The molecule has 0 amide bonds. The van der Waals surface area contributed by atoms with E-state index in [0.29, 0.717) is 17.7 Å². The molecule has 1 N–H and O–H groups in total. The van der Waals surface area contributed by atoms with Crippen molar-refractivity contribution in [3.63, 3.8) is 0 Å². The Balaban J connectivity index is 2.11. The standard InChI is InChI=1S/C14H12N2O2S/c1-18-14(17)12-4-2-3-5-13(12)16-8-11-6-10(7-15)9-19-11/h2-6,9,16H,8H2,1H3. The molecule has 0 radical (unpaired) electrons. The van der Waals surface area contributed by atoms with Gasteiger partial charge in [0.25, 0.3) is 0 Å². The van der Waals surface area contributed by atoms with Crippen LogP contribution in [0.1, 0.15) is 20.8 Å². The highest BCUT2D eigenvalue weighted by Crippen LogP contribution is 2.19. The van der Waals surface area contributed by atoms with Crippen molar-refractivity contribution in [1.82, 2.24) is 0 Å². The van der Waals surface area contributed by atoms with Gasteiger partial charge in [0, 0.05) is 22.5 Å². The van der Waals surface area contributed by atoms with Gasteiger partial charge in [0.15, 0.2) is 0 Å². The summed E-state index contributed by atoms with van der Waals surface area (Å²) in [5.74, 6) is -0.369. The van der Waals surface area contributed by atoms with Gasteiger partial charge in [-0.2, -0.15) is 5.26 Å². The van der Waals surface area contributed by atoms with Crippen molar-refractivity contribution in [2.45, 2.75) is 6.54 Å². The zero-order valence-corrected chi connectivity index (χ0v) is 11.2. The van der Waals surface area contributed by atoms with Gasteiger partial charge in [-0.15, -0.1) is 11.3 Å². The lowest BCUT2D eigenvalue weighted by molar-refractivity contribution is 0.0602. The Morgan fingerprint density at radius 1 is 1.47 bits per heavy atom. The maximum absolute atomic E-state index is 11.6. The number of ether oxygens (including phenoxy) is 1. The average molecular weight is 272 g/mol. The molecule has 2 rings (SSSR count). The molecule has 0 fully saturated rings. The summed E-state index contributed by atoms with van der Waals surface area (Å²) in [6, 6.07) is 11.1. The number of carbonyl (C=O) groups is 1. The van der Waals surface area contributed by atoms with Crippen molar-refractivity contribution in [1.29, 1.82) is 5.26 Å². The third-order valence-electron chi connectivity index (χ3n) is 2.57. The minimum Gasteiger partial charge on any atom is -0.465 e. The molecule has 96 valence electrons. The number of esters is 1. The zero-order valence-electron chi connectivity index (χ0n) is 10.3. The predicted octanol–water partition coefficient (Wildman–Crippen LogP) is 3.02. The second kappa shape index (κ2) is 6.03. The second-order valence-electron chi connectivity index (χ2n) is 3.80. The molecule has 1 aromatic heterocycles. The Morgan fingerprint density at radius 3 is 2.95 bits per heavy atom. The summed E-state index contributed by atoms with van der Waals surface area (Å²) >= 11 is 1.51. The number of nitriles is 1. The van der Waals surface area contributed by atoms with Gasteiger partial charge in [0.2, 0.25) is 0 Å². The average Bonchev–Trinajstić information content (AvgIpc) is 2.92. The van der Waals surface area contributed by atoms with Crippen LogP contribution in [0.3, 0.4) is 0 Å². The Kier molecular flexibility index (Phi) is 4.16. The number of nitrogens with zero attached hydrogens (tertiary/aromatic N) is 1. The van der Waals surface area contributed by atoms with Crippen LogP contribution in [0.2, 0.25) is 0 Å². The lowest BCUT2D eigenvalue weighted by Crippen LogP contribution is -2.07. The molecule has 0 aliphatic rings. The van der Waals surface area contributed by atoms with Crippen molar-refractivity contribution < 1.29 is 9.53 Å². The third-order valence-corrected chi connectivity index (χ3v) is 3.51. The number of thiophene rings is 1. The van der Waals surface area contributed by atoms with Gasteiger partial charge in [-0.25, -0.2) is 4.79 Å². The van der Waals surface area contributed by atoms with Crippen molar-refractivity contribution in [2.24, 2.45) is 0 Å². The Morgan fingerprint density at radius 2 is 2.26 bits per heavy atom. The first-order valence-electron chi connectivity index (χ1n) is 5.63. The van der Waals surface area contributed by atoms with Crippen molar-refractivity contribution >= 4 is 23.0 Å². The molecule has 4 nitrogen and oxygen atoms in total. The van der Waals surface area contributed by atoms with Crippen LogP contribution < -0.4 is 5.32 Å². The molecular formula is C14H12N2O2S. The first-order chi connectivity index (χ1) is 9.24. The quantitative estimate of drug-likeness (QED) is 0.869. The molecule has 0 saturated carbocycles. The van der Waals surface area contributed by atoms with Crippen molar-refractivity contribution in [3.05, 3.63) is 51.7 Å². The fourth-order valence-electron chi connectivity index (χ4n) is 1.64. The number of hydrogen-bond acceptors (Lipinski definition) is 5. The van der Waals surface area contributed by atoms with Crippen molar-refractivity contribution in [2.75, 3.05) is 12.4 Å². The summed E-state index contributed by atoms with van der Waals surface area (Å²) in [6.45, 7) is 0.570. The van der Waals surface area contributed by atoms with E-state index in [2.05, 4.69) is 11.4 Å². The molecule has 1 aromatic carbocycles. The number of carbonyl (C=O) groups excluding carboxylic acids is 1. The SMILES string of the molecule is COC(=O)c1ccccc1NCc1cc(C#N)cs1. The molecule has 2 aromatic rings. The van der Waals surface area contributed by atoms with Crippen LogP contribution in [0.5, 0.6) is 0 Å². The van der Waals surface area contributed by atoms with Crippen molar-refractivity contribution in [3.8, 4) is 6.07 Å². The maximum Gasteiger partial charge on any atom is 0.339 e. The summed E-state index contributed by atoms with van der Waals surface area (Å²) in [7, 11) is 1.36. The van der Waals surface area contributed by atoms with Crippen LogP contribution in [0.25, 0.3) is 0 Å². The number of benzene rings is 1. The van der Waals surface area contributed by atoms with Crippen LogP contribution >= 0.6 is 11.3 Å². The van der Waals surface area contributed by atoms with Crippen LogP contribution in [-0.4, -0.2) is 13.1 Å². The maximum atomic E-state index is 11.6. The first kappa shape index (κ1) is 13.1. The van der Waals surface area contributed by atoms with Gasteiger partial charge in [0.05, 0.1) is 18.2 Å². The third kappa shape index (κ3) is 3.12. The summed E-state index contributed by atoms with van der Waals surface area (Å²) in [5, 5.41) is 13.8. The smallest absolute Gasteiger partial charge is 0.339 e. The number of nitrogens with one attached hydrogen (secondary N) is 1. The molecule has 1 heterocycles. The highest BCUT2D eigenvalue weighted by molar-refractivity contribution is 7.10. The van der Waals surface area contributed by atoms with Gasteiger partial charge < -0.3 is 10.1 Å². The van der Waals surface area contributed by atoms with E-state index >= 15 is 0 Å². The fraction of sp³-hybridized carbons (Fsp3) is 0.143. The van der Waals surface area contributed by atoms with E-state index in [0.717, 1.165) is 10.6 Å². The van der Waals surface area contributed by atoms with Crippen LogP contribution in [0, 0.1) is 11.3 Å². The monoisotopic (exact) mass is 272 g/mol. The highest BCUT2D eigenvalue weighted by Gasteiger charge is 2.10. The number of rotatable bonds is 4. The number of methoxy groups -OCH3 is 1. The van der Waals surface area contributed by atoms with Gasteiger partial charge in [-0.05, 0) is 18.2 Å². The van der Waals surface area contributed by atoms with E-state index in [1.54, 1.807) is 12.1 Å². The summed E-state index contributed by atoms with van der Waals surface area (Å²) in [4.78, 5) is 12.6. The lowest BCUT2D eigenvalue weighted by Gasteiger charge is -2.09. The largest absolute Gasteiger partial charge is 0.465 e. The van der Waals surface area contributed by atoms with Gasteiger partial charge in [0.1, 0.15) is 6.07 Å². The molecule has 0 unspecified atom stereocenters. The van der Waals surface area contributed by atoms with Crippen LogP contribution in [0.4, 0.5) is 5.69 Å². The van der Waals surface area contributed by atoms with Crippen LogP contribution in [-0.2, 0) is 11.3 Å². The molecule has 0 atom stereocenters. The Hall–Kier alpha value is -2.32. The normalized spacial score (nSPS) is 9.68. The lowest BCUT2D eigenvalue weighted by atomic mass is 10.2. The van der Waals surface area contributed by atoms with Gasteiger partial charge in [-0.1, -0.05) is 12.1 Å². The minimum absolute atomic E-state index is 0.369. The summed E-state index contributed by atoms with van der Waals surface area (Å²) in [6.07, 6.45) is 0. The predicted molar refractivity (Wildman–Crippen MR) is 74.1 cm³/mol. The number of para-hydroxylation sites is 1. The fourth-order valence-corrected chi connectivity index (χ4v) is 2.39. The molecule has 5 heteroatoms. The summed E-state index contributed by atoms with van der Waals surface area (Å²) < 4.78 is 4.73. The number of anilines is 1. The van der Waals surface area contributed by atoms with E-state index in [1.165, 1.54) is 18.4 Å². The van der Waals surface area contributed by atoms with Crippen LogP contribution in [0.15, 0.2) is 35.7 Å². The topological polar surface area (TPSA) is 62.1 Å². The first-order valence-corrected chi connectivity index (χ1v) is 6.51. The molecule has 0 bridgehead atoms. The summed E-state index contributed by atoms with van der Waals surface area (Å²) in [5.41, 5.74) is 1.88. The minimum atomic E-state index is -0.369. The molecule has 0 spiro atoms. The van der Waals surface area contributed by atoms with Gasteiger partial charge >= 0.3 is 5.97 Å².